The van der Waals surface area contributed by atoms with Crippen LogP contribution >= 0.6 is 15.9 Å². The zero-order valence-corrected chi connectivity index (χ0v) is 14.9. The summed E-state index contributed by atoms with van der Waals surface area (Å²) in [5.74, 6) is -0.318. The normalized spacial score (nSPS) is 10.4. The smallest absolute Gasteiger partial charge is 0.271 e. The van der Waals surface area contributed by atoms with E-state index in [1.165, 1.54) is 16.8 Å². The molecule has 0 saturated heterocycles. The van der Waals surface area contributed by atoms with E-state index in [-0.39, 0.29) is 17.2 Å². The summed E-state index contributed by atoms with van der Waals surface area (Å²) >= 11 is 3.40. The van der Waals surface area contributed by atoms with Crippen molar-refractivity contribution in [3.05, 3.63) is 98.4 Å². The Morgan fingerprint density at radius 2 is 1.76 bits per heavy atom. The highest BCUT2D eigenvalue weighted by molar-refractivity contribution is 9.10. The SMILES string of the molecule is O=C(NCc1cccc(Br)c1)c1ccc(=O)n(Cc2ccccc2)n1. The largest absolute Gasteiger partial charge is 0.347 e. The number of benzene rings is 2. The molecule has 2 aromatic carbocycles. The minimum Gasteiger partial charge on any atom is -0.347 e. The Hall–Kier alpha value is -2.73. The van der Waals surface area contributed by atoms with Gasteiger partial charge < -0.3 is 5.32 Å². The highest BCUT2D eigenvalue weighted by Crippen LogP contribution is 2.11. The van der Waals surface area contributed by atoms with Crippen LogP contribution in [0.5, 0.6) is 0 Å². The lowest BCUT2D eigenvalue weighted by atomic mass is 10.2. The monoisotopic (exact) mass is 397 g/mol. The third-order valence-corrected chi connectivity index (χ3v) is 4.11. The summed E-state index contributed by atoms with van der Waals surface area (Å²) in [4.78, 5) is 24.3. The Labute approximate surface area is 153 Å². The van der Waals surface area contributed by atoms with E-state index < -0.39 is 0 Å². The highest BCUT2D eigenvalue weighted by Gasteiger charge is 2.10. The van der Waals surface area contributed by atoms with Gasteiger partial charge in [-0.2, -0.15) is 5.10 Å². The molecule has 1 aromatic heterocycles. The van der Waals surface area contributed by atoms with Gasteiger partial charge in [0, 0.05) is 17.1 Å². The van der Waals surface area contributed by atoms with Crippen molar-refractivity contribution in [1.29, 1.82) is 0 Å². The van der Waals surface area contributed by atoms with Crippen molar-refractivity contribution in [3.8, 4) is 0 Å². The van der Waals surface area contributed by atoms with Crippen LogP contribution in [0.2, 0.25) is 0 Å². The van der Waals surface area contributed by atoms with Gasteiger partial charge in [0.05, 0.1) is 6.54 Å². The molecule has 25 heavy (non-hydrogen) atoms. The molecule has 0 aliphatic carbocycles. The molecule has 3 aromatic rings. The molecule has 0 aliphatic rings. The number of hydrogen-bond donors (Lipinski definition) is 1. The van der Waals surface area contributed by atoms with Gasteiger partial charge in [-0.3, -0.25) is 9.59 Å². The molecular weight excluding hydrogens is 382 g/mol. The molecule has 0 fully saturated rings. The van der Waals surface area contributed by atoms with Gasteiger partial charge >= 0.3 is 0 Å². The Balaban J connectivity index is 1.72. The maximum atomic E-state index is 12.3. The fraction of sp³-hybridized carbons (Fsp3) is 0.105. The number of carbonyl (C=O) groups is 1. The maximum Gasteiger partial charge on any atom is 0.271 e. The molecule has 3 rings (SSSR count). The van der Waals surface area contributed by atoms with Gasteiger partial charge in [-0.25, -0.2) is 4.68 Å². The van der Waals surface area contributed by atoms with Gasteiger partial charge in [0.1, 0.15) is 5.69 Å². The van der Waals surface area contributed by atoms with E-state index in [4.69, 9.17) is 0 Å². The van der Waals surface area contributed by atoms with Crippen molar-refractivity contribution in [2.24, 2.45) is 0 Å². The van der Waals surface area contributed by atoms with Crippen LogP contribution in [0.4, 0.5) is 0 Å². The second-order valence-corrected chi connectivity index (χ2v) is 6.43. The number of nitrogens with one attached hydrogen (secondary N) is 1. The third kappa shape index (κ3) is 4.64. The average molecular weight is 398 g/mol. The summed E-state index contributed by atoms with van der Waals surface area (Å²) in [6, 6.07) is 20.0. The summed E-state index contributed by atoms with van der Waals surface area (Å²) < 4.78 is 2.25. The van der Waals surface area contributed by atoms with Crippen molar-refractivity contribution in [1.82, 2.24) is 15.1 Å². The zero-order valence-electron chi connectivity index (χ0n) is 13.4. The summed E-state index contributed by atoms with van der Waals surface area (Å²) in [6.07, 6.45) is 0. The van der Waals surface area contributed by atoms with Crippen molar-refractivity contribution in [2.45, 2.75) is 13.1 Å². The first-order chi connectivity index (χ1) is 12.1. The lowest BCUT2D eigenvalue weighted by Crippen LogP contribution is -2.29. The van der Waals surface area contributed by atoms with Crippen LogP contribution in [0.25, 0.3) is 0 Å². The summed E-state index contributed by atoms with van der Waals surface area (Å²) in [5, 5.41) is 7.00. The second-order valence-electron chi connectivity index (χ2n) is 5.51. The molecule has 1 N–H and O–H groups in total. The van der Waals surface area contributed by atoms with Crippen LogP contribution in [-0.2, 0) is 13.1 Å². The van der Waals surface area contributed by atoms with E-state index in [0.29, 0.717) is 13.1 Å². The first kappa shape index (κ1) is 17.1. The number of amides is 1. The van der Waals surface area contributed by atoms with Gasteiger partial charge in [0.15, 0.2) is 0 Å². The lowest BCUT2D eigenvalue weighted by Gasteiger charge is -2.08. The summed E-state index contributed by atoms with van der Waals surface area (Å²) in [6.45, 7) is 0.712. The maximum absolute atomic E-state index is 12.3. The number of nitrogens with zero attached hydrogens (tertiary/aromatic N) is 2. The average Bonchev–Trinajstić information content (AvgIpc) is 2.62. The minimum absolute atomic E-state index is 0.213. The van der Waals surface area contributed by atoms with Crippen LogP contribution in [0, 0.1) is 0 Å². The van der Waals surface area contributed by atoms with Gasteiger partial charge in [-0.1, -0.05) is 58.4 Å². The van der Waals surface area contributed by atoms with Crippen molar-refractivity contribution < 1.29 is 4.79 Å². The molecule has 1 amide bonds. The number of carbonyl (C=O) groups excluding carboxylic acids is 1. The highest BCUT2D eigenvalue weighted by atomic mass is 79.9. The number of rotatable bonds is 5. The van der Waals surface area contributed by atoms with E-state index in [1.807, 2.05) is 54.6 Å². The first-order valence-electron chi connectivity index (χ1n) is 7.76. The Morgan fingerprint density at radius 1 is 1.00 bits per heavy atom. The molecule has 0 atom stereocenters. The van der Waals surface area contributed by atoms with Crippen molar-refractivity contribution in [3.63, 3.8) is 0 Å². The predicted octanol–water partition coefficient (Wildman–Crippen LogP) is 2.98. The topological polar surface area (TPSA) is 64.0 Å². The molecule has 0 unspecified atom stereocenters. The predicted molar refractivity (Wildman–Crippen MR) is 99.4 cm³/mol. The van der Waals surface area contributed by atoms with E-state index in [2.05, 4.69) is 26.3 Å². The standard InChI is InChI=1S/C19H16BrN3O2/c20-16-8-4-7-15(11-16)12-21-19(25)17-9-10-18(24)23(22-17)13-14-5-2-1-3-6-14/h1-11H,12-13H2,(H,21,25). The van der Waals surface area contributed by atoms with Crippen LogP contribution in [0.15, 0.2) is 76.0 Å². The van der Waals surface area contributed by atoms with Gasteiger partial charge in [-0.15, -0.1) is 0 Å². The van der Waals surface area contributed by atoms with Crippen LogP contribution in [0.1, 0.15) is 21.6 Å². The molecule has 5 nitrogen and oxygen atoms in total. The molecule has 0 bridgehead atoms. The van der Waals surface area contributed by atoms with E-state index in [0.717, 1.165) is 15.6 Å². The summed E-state index contributed by atoms with van der Waals surface area (Å²) in [5.41, 5.74) is 1.89. The first-order valence-corrected chi connectivity index (χ1v) is 8.56. The van der Waals surface area contributed by atoms with E-state index >= 15 is 0 Å². The summed E-state index contributed by atoms with van der Waals surface area (Å²) in [7, 11) is 0. The lowest BCUT2D eigenvalue weighted by molar-refractivity contribution is 0.0943. The number of aromatic nitrogens is 2. The van der Waals surface area contributed by atoms with Gasteiger partial charge in [0.2, 0.25) is 0 Å². The fourth-order valence-electron chi connectivity index (χ4n) is 2.36. The van der Waals surface area contributed by atoms with Gasteiger partial charge in [0.25, 0.3) is 11.5 Å². The molecular formula is C19H16BrN3O2. The van der Waals surface area contributed by atoms with E-state index in [1.54, 1.807) is 0 Å². The third-order valence-electron chi connectivity index (χ3n) is 3.62. The number of halogens is 1. The molecule has 0 radical (unpaired) electrons. The van der Waals surface area contributed by atoms with Crippen LogP contribution < -0.4 is 10.9 Å². The molecule has 6 heteroatoms. The zero-order chi connectivity index (χ0) is 17.6. The van der Waals surface area contributed by atoms with Crippen LogP contribution in [0.3, 0.4) is 0 Å². The molecule has 1 heterocycles. The second kappa shape index (κ2) is 7.90. The minimum atomic E-state index is -0.318. The molecule has 0 aliphatic heterocycles. The Morgan fingerprint density at radius 3 is 2.52 bits per heavy atom. The molecule has 0 spiro atoms. The van der Waals surface area contributed by atoms with E-state index in [9.17, 15) is 9.59 Å². The van der Waals surface area contributed by atoms with Crippen LogP contribution in [-0.4, -0.2) is 15.7 Å². The molecule has 0 saturated carbocycles. The molecule has 126 valence electrons. The Bertz CT molecular complexity index is 939. The van der Waals surface area contributed by atoms with Gasteiger partial charge in [-0.05, 0) is 29.3 Å². The Kier molecular flexibility index (Phi) is 5.40. The van der Waals surface area contributed by atoms with Crippen molar-refractivity contribution in [2.75, 3.05) is 0 Å². The quantitative estimate of drug-likeness (QED) is 0.719. The van der Waals surface area contributed by atoms with Crippen molar-refractivity contribution >= 4 is 21.8 Å². The number of hydrogen-bond acceptors (Lipinski definition) is 3. The fourth-order valence-corrected chi connectivity index (χ4v) is 2.81.